The van der Waals surface area contributed by atoms with E-state index in [2.05, 4.69) is 5.32 Å². The maximum Gasteiger partial charge on any atom is 0.151 e. The molecule has 2 rings (SSSR count). The van der Waals surface area contributed by atoms with Gasteiger partial charge in [-0.2, -0.15) is 0 Å². The van der Waals surface area contributed by atoms with Crippen LogP contribution in [0.5, 0.6) is 0 Å². The molecule has 0 spiro atoms. The zero-order valence-electron chi connectivity index (χ0n) is 5.80. The Bertz CT molecular complexity index is 158. The Labute approximate surface area is 59.7 Å². The van der Waals surface area contributed by atoms with E-state index in [1.54, 1.807) is 0 Å². The molecule has 2 heterocycles. The Morgan fingerprint density at radius 3 is 3.30 bits per heavy atom. The predicted octanol–water partition coefficient (Wildman–Crippen LogP) is -0.436. The Balaban J connectivity index is 2.08. The smallest absolute Gasteiger partial charge is 0.151 e. The zero-order valence-corrected chi connectivity index (χ0v) is 5.80. The van der Waals surface area contributed by atoms with Crippen molar-refractivity contribution in [2.75, 3.05) is 19.8 Å². The van der Waals surface area contributed by atoms with Crippen LogP contribution in [0, 0.1) is 5.92 Å². The minimum Gasteiger partial charge on any atom is -0.380 e. The SMILES string of the molecule is O=C1CNC2COCCC12. The molecule has 0 radical (unpaired) electrons. The van der Waals surface area contributed by atoms with Gasteiger partial charge in [-0.3, -0.25) is 4.79 Å². The molecule has 2 fully saturated rings. The van der Waals surface area contributed by atoms with Crippen LogP contribution in [0.25, 0.3) is 0 Å². The van der Waals surface area contributed by atoms with E-state index in [-0.39, 0.29) is 5.92 Å². The highest BCUT2D eigenvalue weighted by molar-refractivity contribution is 5.86. The molecule has 1 N–H and O–H groups in total. The van der Waals surface area contributed by atoms with E-state index in [0.29, 0.717) is 18.4 Å². The van der Waals surface area contributed by atoms with E-state index in [1.165, 1.54) is 0 Å². The first-order valence-corrected chi connectivity index (χ1v) is 3.72. The largest absolute Gasteiger partial charge is 0.380 e. The van der Waals surface area contributed by atoms with Crippen LogP contribution in [-0.2, 0) is 9.53 Å². The van der Waals surface area contributed by atoms with E-state index in [4.69, 9.17) is 4.74 Å². The van der Waals surface area contributed by atoms with E-state index in [1.807, 2.05) is 0 Å². The van der Waals surface area contributed by atoms with Crippen LogP contribution in [-0.4, -0.2) is 31.6 Å². The van der Waals surface area contributed by atoms with Crippen molar-refractivity contribution < 1.29 is 9.53 Å². The van der Waals surface area contributed by atoms with Gasteiger partial charge in [-0.1, -0.05) is 0 Å². The molecule has 2 aliphatic heterocycles. The topological polar surface area (TPSA) is 38.3 Å². The molecule has 2 unspecified atom stereocenters. The molecule has 2 saturated heterocycles. The van der Waals surface area contributed by atoms with Crippen LogP contribution in [0.15, 0.2) is 0 Å². The summed E-state index contributed by atoms with van der Waals surface area (Å²) in [5, 5.41) is 3.13. The van der Waals surface area contributed by atoms with Gasteiger partial charge in [-0.15, -0.1) is 0 Å². The number of carbonyl (C=O) groups is 1. The molecule has 56 valence electrons. The zero-order chi connectivity index (χ0) is 6.97. The first kappa shape index (κ1) is 6.31. The quantitative estimate of drug-likeness (QED) is 0.497. The highest BCUT2D eigenvalue weighted by Crippen LogP contribution is 2.20. The standard InChI is InChI=1S/C7H11NO2/c9-7-3-8-6-4-10-2-1-5(6)7/h5-6,8H,1-4H2. The van der Waals surface area contributed by atoms with Crippen LogP contribution >= 0.6 is 0 Å². The van der Waals surface area contributed by atoms with E-state index >= 15 is 0 Å². The van der Waals surface area contributed by atoms with Crippen LogP contribution in [0.1, 0.15) is 6.42 Å². The summed E-state index contributed by atoms with van der Waals surface area (Å²) in [6.45, 7) is 2.03. The fourth-order valence-electron chi connectivity index (χ4n) is 1.69. The fourth-order valence-corrected chi connectivity index (χ4v) is 1.69. The summed E-state index contributed by atoms with van der Waals surface area (Å²) >= 11 is 0. The van der Waals surface area contributed by atoms with Crippen molar-refractivity contribution in [2.24, 2.45) is 5.92 Å². The van der Waals surface area contributed by atoms with Gasteiger partial charge < -0.3 is 10.1 Å². The minimum atomic E-state index is 0.258. The van der Waals surface area contributed by atoms with Crippen molar-refractivity contribution in [3.05, 3.63) is 0 Å². The molecule has 0 amide bonds. The Kier molecular flexibility index (Phi) is 1.47. The summed E-state index contributed by atoms with van der Waals surface area (Å²) in [6, 6.07) is 0.321. The molecule has 3 nitrogen and oxygen atoms in total. The van der Waals surface area contributed by atoms with E-state index in [0.717, 1.165) is 19.6 Å². The second kappa shape index (κ2) is 2.32. The highest BCUT2D eigenvalue weighted by Gasteiger charge is 2.36. The van der Waals surface area contributed by atoms with Gasteiger partial charge in [0.25, 0.3) is 0 Å². The number of nitrogens with one attached hydrogen (secondary N) is 1. The summed E-state index contributed by atoms with van der Waals surface area (Å²) in [6.07, 6.45) is 0.913. The van der Waals surface area contributed by atoms with Gasteiger partial charge in [0, 0.05) is 18.6 Å². The number of hydrogen-bond donors (Lipinski definition) is 1. The first-order chi connectivity index (χ1) is 4.88. The van der Waals surface area contributed by atoms with Gasteiger partial charge in [-0.05, 0) is 6.42 Å². The first-order valence-electron chi connectivity index (χ1n) is 3.72. The van der Waals surface area contributed by atoms with Crippen molar-refractivity contribution in [2.45, 2.75) is 12.5 Å². The van der Waals surface area contributed by atoms with E-state index in [9.17, 15) is 4.79 Å². The van der Waals surface area contributed by atoms with Gasteiger partial charge in [0.1, 0.15) is 0 Å². The van der Waals surface area contributed by atoms with Gasteiger partial charge in [0.15, 0.2) is 5.78 Å². The summed E-state index contributed by atoms with van der Waals surface area (Å²) in [7, 11) is 0. The van der Waals surface area contributed by atoms with Crippen LogP contribution < -0.4 is 5.32 Å². The third kappa shape index (κ3) is 0.859. The molecule has 2 aliphatic rings. The average Bonchev–Trinajstić information content (AvgIpc) is 2.34. The lowest BCUT2D eigenvalue weighted by Crippen LogP contribution is -2.37. The number of fused-ring (bicyclic) bond motifs is 1. The van der Waals surface area contributed by atoms with Crippen LogP contribution in [0.2, 0.25) is 0 Å². The van der Waals surface area contributed by atoms with Crippen molar-refractivity contribution in [1.29, 1.82) is 0 Å². The monoisotopic (exact) mass is 141 g/mol. The summed E-state index contributed by atoms with van der Waals surface area (Å²) in [5.74, 6) is 0.627. The summed E-state index contributed by atoms with van der Waals surface area (Å²) < 4.78 is 5.22. The number of hydrogen-bond acceptors (Lipinski definition) is 3. The Morgan fingerprint density at radius 2 is 2.50 bits per heavy atom. The van der Waals surface area contributed by atoms with Gasteiger partial charge in [0.2, 0.25) is 0 Å². The molecular weight excluding hydrogens is 130 g/mol. The highest BCUT2D eigenvalue weighted by atomic mass is 16.5. The Morgan fingerprint density at radius 1 is 1.60 bits per heavy atom. The second-order valence-corrected chi connectivity index (χ2v) is 2.92. The molecule has 0 saturated carbocycles. The molecule has 2 atom stereocenters. The number of carbonyl (C=O) groups excluding carboxylic acids is 1. The third-order valence-electron chi connectivity index (χ3n) is 2.31. The fraction of sp³-hybridized carbons (Fsp3) is 0.857. The molecule has 0 bridgehead atoms. The number of ketones is 1. The third-order valence-corrected chi connectivity index (χ3v) is 2.31. The lowest BCUT2D eigenvalue weighted by atomic mass is 9.95. The van der Waals surface area contributed by atoms with Crippen LogP contribution in [0.4, 0.5) is 0 Å². The Hall–Kier alpha value is -0.410. The van der Waals surface area contributed by atoms with Crippen molar-refractivity contribution in [1.82, 2.24) is 5.32 Å². The lowest BCUT2D eigenvalue weighted by molar-refractivity contribution is -0.121. The number of ether oxygens (including phenoxy) is 1. The molecule has 10 heavy (non-hydrogen) atoms. The second-order valence-electron chi connectivity index (χ2n) is 2.92. The molecular formula is C7H11NO2. The molecule has 0 aromatic rings. The van der Waals surface area contributed by atoms with Gasteiger partial charge in [0.05, 0.1) is 13.2 Å². The summed E-state index contributed by atoms with van der Waals surface area (Å²) in [5.41, 5.74) is 0. The molecule has 0 aromatic heterocycles. The van der Waals surface area contributed by atoms with Crippen LogP contribution in [0.3, 0.4) is 0 Å². The maximum atomic E-state index is 11.1. The maximum absolute atomic E-state index is 11.1. The number of Topliss-reactive ketones (excluding diaryl/α,β-unsaturated/α-hetero) is 1. The minimum absolute atomic E-state index is 0.258. The number of rotatable bonds is 0. The lowest BCUT2D eigenvalue weighted by Gasteiger charge is -2.23. The van der Waals surface area contributed by atoms with Crippen molar-refractivity contribution >= 4 is 5.78 Å². The normalized spacial score (nSPS) is 39.8. The molecule has 0 aromatic carbocycles. The van der Waals surface area contributed by atoms with Crippen molar-refractivity contribution in [3.8, 4) is 0 Å². The van der Waals surface area contributed by atoms with Crippen molar-refractivity contribution in [3.63, 3.8) is 0 Å². The predicted molar refractivity (Wildman–Crippen MR) is 35.7 cm³/mol. The summed E-state index contributed by atoms with van der Waals surface area (Å²) in [4.78, 5) is 11.1. The molecule has 0 aliphatic carbocycles. The van der Waals surface area contributed by atoms with Gasteiger partial charge >= 0.3 is 0 Å². The van der Waals surface area contributed by atoms with E-state index < -0.39 is 0 Å². The molecule has 3 heteroatoms. The van der Waals surface area contributed by atoms with Gasteiger partial charge in [-0.25, -0.2) is 0 Å². The average molecular weight is 141 g/mol.